The fourth-order valence-corrected chi connectivity index (χ4v) is 5.39. The van der Waals surface area contributed by atoms with Gasteiger partial charge in [0, 0.05) is 30.9 Å². The first-order valence-corrected chi connectivity index (χ1v) is 12.5. The number of rotatable bonds is 7. The van der Waals surface area contributed by atoms with E-state index < -0.39 is 0 Å². The lowest BCUT2D eigenvalue weighted by Crippen LogP contribution is -2.36. The molecule has 5 rings (SSSR count). The molecule has 2 aliphatic heterocycles. The number of benzene rings is 2. The third-order valence-electron chi connectivity index (χ3n) is 6.10. The van der Waals surface area contributed by atoms with E-state index in [0.29, 0.717) is 24.4 Å². The second-order valence-corrected chi connectivity index (χ2v) is 9.40. The number of hydrogen-bond donors (Lipinski definition) is 1. The van der Waals surface area contributed by atoms with Crippen molar-refractivity contribution in [2.24, 2.45) is 0 Å². The average molecular weight is 478 g/mol. The fraction of sp³-hybridized carbons (Fsp3) is 0.308. The van der Waals surface area contributed by atoms with Gasteiger partial charge in [0.2, 0.25) is 5.91 Å². The summed E-state index contributed by atoms with van der Waals surface area (Å²) in [5.41, 5.74) is 3.83. The van der Waals surface area contributed by atoms with E-state index in [1.165, 1.54) is 5.69 Å². The monoisotopic (exact) mass is 477 g/mol. The standard InChI is InChI=1S/C26H27N3O4S/c30-24-18-34-26(29(24)17-23-2-1-13-33-23)21-7-5-20(6-8-21)25(31)27-16-19-3-9-22(10-4-19)28-11-14-32-15-12-28/h1-10,13,26H,11-12,14-18H2,(H,27,31). The maximum absolute atomic E-state index is 12.7. The average Bonchev–Trinajstić information content (AvgIpc) is 3.54. The molecule has 2 aromatic carbocycles. The quantitative estimate of drug-likeness (QED) is 0.558. The Hall–Kier alpha value is -3.23. The van der Waals surface area contributed by atoms with Crippen molar-refractivity contribution in [1.29, 1.82) is 0 Å². The van der Waals surface area contributed by atoms with Gasteiger partial charge in [0.05, 0.1) is 31.8 Å². The molecule has 3 heterocycles. The summed E-state index contributed by atoms with van der Waals surface area (Å²) in [5, 5.41) is 2.91. The van der Waals surface area contributed by atoms with Crippen LogP contribution in [0.3, 0.4) is 0 Å². The van der Waals surface area contributed by atoms with Crippen LogP contribution in [0, 0.1) is 0 Å². The molecule has 1 aromatic heterocycles. The number of carbonyl (C=O) groups excluding carboxylic acids is 2. The Morgan fingerprint density at radius 1 is 1.03 bits per heavy atom. The summed E-state index contributed by atoms with van der Waals surface area (Å²) >= 11 is 1.59. The minimum absolute atomic E-state index is 0.0836. The molecule has 34 heavy (non-hydrogen) atoms. The molecular formula is C26H27N3O4S. The zero-order valence-corrected chi connectivity index (χ0v) is 19.6. The molecule has 2 saturated heterocycles. The number of amides is 2. The zero-order chi connectivity index (χ0) is 23.3. The van der Waals surface area contributed by atoms with Gasteiger partial charge in [-0.3, -0.25) is 9.59 Å². The molecule has 0 bridgehead atoms. The molecule has 0 saturated carbocycles. The first-order valence-electron chi connectivity index (χ1n) is 11.4. The normalized spacial score (nSPS) is 18.4. The molecule has 1 unspecified atom stereocenters. The summed E-state index contributed by atoms with van der Waals surface area (Å²) in [6, 6.07) is 19.5. The van der Waals surface area contributed by atoms with Gasteiger partial charge in [0.1, 0.15) is 11.1 Å². The van der Waals surface area contributed by atoms with E-state index in [9.17, 15) is 9.59 Å². The molecule has 1 N–H and O–H groups in total. The predicted molar refractivity (Wildman–Crippen MR) is 132 cm³/mol. The molecule has 0 spiro atoms. The molecule has 2 amide bonds. The SMILES string of the molecule is O=C(NCc1ccc(N2CCOCC2)cc1)c1ccc(C2SCC(=O)N2Cc2ccco2)cc1. The molecule has 0 aliphatic carbocycles. The Bertz CT molecular complexity index is 1110. The second kappa shape index (κ2) is 10.4. The van der Waals surface area contributed by atoms with Crippen LogP contribution < -0.4 is 10.2 Å². The highest BCUT2D eigenvalue weighted by atomic mass is 32.2. The van der Waals surface area contributed by atoms with E-state index in [2.05, 4.69) is 34.5 Å². The molecule has 2 fully saturated rings. The van der Waals surface area contributed by atoms with Crippen molar-refractivity contribution >= 4 is 29.3 Å². The van der Waals surface area contributed by atoms with Gasteiger partial charge in [0.25, 0.3) is 5.91 Å². The van der Waals surface area contributed by atoms with Crippen molar-refractivity contribution in [3.05, 3.63) is 89.4 Å². The minimum atomic E-state index is -0.119. The molecule has 7 nitrogen and oxygen atoms in total. The third-order valence-corrected chi connectivity index (χ3v) is 7.35. The van der Waals surface area contributed by atoms with Crippen molar-refractivity contribution in [3.63, 3.8) is 0 Å². The summed E-state index contributed by atoms with van der Waals surface area (Å²) in [7, 11) is 0. The van der Waals surface area contributed by atoms with Crippen LogP contribution in [-0.4, -0.2) is 48.8 Å². The van der Waals surface area contributed by atoms with Gasteiger partial charge >= 0.3 is 0 Å². The maximum Gasteiger partial charge on any atom is 0.251 e. The van der Waals surface area contributed by atoms with Gasteiger partial charge in [-0.15, -0.1) is 11.8 Å². The van der Waals surface area contributed by atoms with Crippen LogP contribution in [0.25, 0.3) is 0 Å². The maximum atomic E-state index is 12.7. The first-order chi connectivity index (χ1) is 16.7. The van der Waals surface area contributed by atoms with Crippen LogP contribution in [0.15, 0.2) is 71.3 Å². The van der Waals surface area contributed by atoms with Crippen LogP contribution >= 0.6 is 11.8 Å². The smallest absolute Gasteiger partial charge is 0.251 e. The Kier molecular flexibility index (Phi) is 6.87. The topological polar surface area (TPSA) is 75.0 Å². The van der Waals surface area contributed by atoms with Crippen LogP contribution in [-0.2, 0) is 22.6 Å². The molecular weight excluding hydrogens is 450 g/mol. The van der Waals surface area contributed by atoms with Crippen molar-refractivity contribution in [3.8, 4) is 0 Å². The van der Waals surface area contributed by atoms with E-state index >= 15 is 0 Å². The molecule has 176 valence electrons. The van der Waals surface area contributed by atoms with Gasteiger partial charge < -0.3 is 24.3 Å². The van der Waals surface area contributed by atoms with Crippen LogP contribution in [0.1, 0.15) is 32.6 Å². The number of furan rings is 1. The molecule has 1 atom stereocenters. The predicted octanol–water partition coefficient (Wildman–Crippen LogP) is 3.82. The number of anilines is 1. The lowest BCUT2D eigenvalue weighted by Gasteiger charge is -2.28. The van der Waals surface area contributed by atoms with Crippen molar-refractivity contribution in [2.75, 3.05) is 37.0 Å². The van der Waals surface area contributed by atoms with Crippen LogP contribution in [0.4, 0.5) is 5.69 Å². The van der Waals surface area contributed by atoms with Crippen LogP contribution in [0.2, 0.25) is 0 Å². The molecule has 0 radical (unpaired) electrons. The number of carbonyl (C=O) groups is 2. The summed E-state index contributed by atoms with van der Waals surface area (Å²) in [6.07, 6.45) is 1.62. The first kappa shape index (κ1) is 22.6. The number of nitrogens with one attached hydrogen (secondary N) is 1. The Balaban J connectivity index is 1.17. The lowest BCUT2D eigenvalue weighted by molar-refractivity contribution is -0.128. The molecule has 2 aliphatic rings. The van der Waals surface area contributed by atoms with Crippen molar-refractivity contribution < 1.29 is 18.7 Å². The second-order valence-electron chi connectivity index (χ2n) is 8.33. The zero-order valence-electron chi connectivity index (χ0n) is 18.8. The number of nitrogens with zero attached hydrogens (tertiary/aromatic N) is 2. The number of thioether (sulfide) groups is 1. The highest BCUT2D eigenvalue weighted by molar-refractivity contribution is 8.00. The van der Waals surface area contributed by atoms with E-state index in [4.69, 9.17) is 9.15 Å². The Morgan fingerprint density at radius 3 is 2.50 bits per heavy atom. The van der Waals surface area contributed by atoms with E-state index in [0.717, 1.165) is 43.2 Å². The number of ether oxygens (including phenoxy) is 1. The Labute approximate surface area is 203 Å². The minimum Gasteiger partial charge on any atom is -0.467 e. The van der Waals surface area contributed by atoms with Gasteiger partial charge in [-0.25, -0.2) is 0 Å². The molecule has 8 heteroatoms. The van der Waals surface area contributed by atoms with Crippen LogP contribution in [0.5, 0.6) is 0 Å². The number of morpholine rings is 1. The summed E-state index contributed by atoms with van der Waals surface area (Å²) < 4.78 is 10.8. The van der Waals surface area contributed by atoms with E-state index in [1.54, 1.807) is 18.0 Å². The van der Waals surface area contributed by atoms with Gasteiger partial charge in [0.15, 0.2) is 0 Å². The summed E-state index contributed by atoms with van der Waals surface area (Å²) in [6.45, 7) is 4.23. The Morgan fingerprint density at radius 2 is 1.79 bits per heavy atom. The largest absolute Gasteiger partial charge is 0.467 e. The fourth-order valence-electron chi connectivity index (χ4n) is 4.20. The highest BCUT2D eigenvalue weighted by Crippen LogP contribution is 2.39. The van der Waals surface area contributed by atoms with Crippen molar-refractivity contribution in [2.45, 2.75) is 18.5 Å². The summed E-state index contributed by atoms with van der Waals surface area (Å²) in [4.78, 5) is 29.2. The van der Waals surface area contributed by atoms with Gasteiger partial charge in [-0.1, -0.05) is 24.3 Å². The van der Waals surface area contributed by atoms with Gasteiger partial charge in [-0.05, 0) is 47.5 Å². The summed E-state index contributed by atoms with van der Waals surface area (Å²) in [5.74, 6) is 1.17. The van der Waals surface area contributed by atoms with Crippen molar-refractivity contribution in [1.82, 2.24) is 10.2 Å². The van der Waals surface area contributed by atoms with E-state index in [1.807, 2.05) is 41.3 Å². The number of hydrogen-bond acceptors (Lipinski definition) is 6. The highest BCUT2D eigenvalue weighted by Gasteiger charge is 2.33. The van der Waals surface area contributed by atoms with E-state index in [-0.39, 0.29) is 17.2 Å². The van der Waals surface area contributed by atoms with Gasteiger partial charge in [-0.2, -0.15) is 0 Å². The lowest BCUT2D eigenvalue weighted by atomic mass is 10.1. The third kappa shape index (κ3) is 5.13. The molecule has 3 aromatic rings.